The molecule has 4 nitrogen and oxygen atoms in total. The molecule has 104 valence electrons. The summed E-state index contributed by atoms with van der Waals surface area (Å²) in [6.45, 7) is 6.29. The minimum Gasteiger partial charge on any atom is -0.381 e. The third kappa shape index (κ3) is 3.26. The average Bonchev–Trinajstić information content (AvgIpc) is 2.61. The maximum Gasteiger partial charge on any atom is 0.274 e. The number of rotatable bonds is 3. The Labute approximate surface area is 121 Å². The Bertz CT molecular complexity index is 514. The van der Waals surface area contributed by atoms with Gasteiger partial charge in [-0.05, 0) is 53.6 Å². The molecule has 0 saturated heterocycles. The molecule has 1 aromatic carbocycles. The lowest BCUT2D eigenvalue weighted by Gasteiger charge is -2.19. The van der Waals surface area contributed by atoms with Crippen molar-refractivity contribution >= 4 is 27.3 Å². The Hall–Kier alpha value is -1.10. The summed E-state index contributed by atoms with van der Waals surface area (Å²) in [5.41, 5.74) is 2.03. The maximum atomic E-state index is 11.0. The topological polar surface area (TPSA) is 55.2 Å². The highest BCUT2D eigenvalue weighted by Crippen LogP contribution is 2.40. The van der Waals surface area contributed by atoms with Crippen LogP contribution in [-0.4, -0.2) is 11.0 Å². The van der Waals surface area contributed by atoms with E-state index in [1.54, 1.807) is 19.1 Å². The summed E-state index contributed by atoms with van der Waals surface area (Å²) in [6.07, 6.45) is 3.40. The van der Waals surface area contributed by atoms with Crippen LogP contribution in [0.5, 0.6) is 0 Å². The van der Waals surface area contributed by atoms with Crippen LogP contribution in [0.2, 0.25) is 0 Å². The van der Waals surface area contributed by atoms with Crippen LogP contribution in [0.15, 0.2) is 16.6 Å². The molecule has 0 bridgehead atoms. The Balaban J connectivity index is 2.21. The first kappa shape index (κ1) is 14.3. The van der Waals surface area contributed by atoms with Crippen LogP contribution in [-0.2, 0) is 0 Å². The summed E-state index contributed by atoms with van der Waals surface area (Å²) in [4.78, 5) is 10.7. The van der Waals surface area contributed by atoms with Crippen LogP contribution in [0, 0.1) is 22.5 Å². The van der Waals surface area contributed by atoms with Crippen molar-refractivity contribution in [3.05, 3.63) is 32.3 Å². The molecule has 1 unspecified atom stereocenters. The van der Waals surface area contributed by atoms with Gasteiger partial charge in [-0.15, -0.1) is 0 Å². The quantitative estimate of drug-likeness (QED) is 0.649. The first-order valence-electron chi connectivity index (χ1n) is 6.49. The molecular weight excluding hydrogens is 308 g/mol. The predicted octanol–water partition coefficient (Wildman–Crippen LogP) is 4.66. The highest BCUT2D eigenvalue weighted by molar-refractivity contribution is 9.10. The molecule has 0 heterocycles. The Morgan fingerprint density at radius 1 is 1.47 bits per heavy atom. The molecule has 1 aliphatic carbocycles. The molecule has 1 aromatic rings. The van der Waals surface area contributed by atoms with Crippen molar-refractivity contribution in [2.24, 2.45) is 5.41 Å². The Morgan fingerprint density at radius 3 is 2.68 bits per heavy atom. The number of hydrogen-bond acceptors (Lipinski definition) is 3. The van der Waals surface area contributed by atoms with Crippen molar-refractivity contribution in [3.63, 3.8) is 0 Å². The van der Waals surface area contributed by atoms with Gasteiger partial charge in [0.2, 0.25) is 0 Å². The largest absolute Gasteiger partial charge is 0.381 e. The molecule has 1 atom stereocenters. The lowest BCUT2D eigenvalue weighted by Crippen LogP contribution is -2.18. The monoisotopic (exact) mass is 326 g/mol. The van der Waals surface area contributed by atoms with Crippen LogP contribution < -0.4 is 5.32 Å². The summed E-state index contributed by atoms with van der Waals surface area (Å²) in [5, 5.41) is 14.4. The van der Waals surface area contributed by atoms with Gasteiger partial charge in [0.1, 0.15) is 0 Å². The van der Waals surface area contributed by atoms with Crippen molar-refractivity contribution < 1.29 is 4.92 Å². The second kappa shape index (κ2) is 5.12. The molecule has 1 N–H and O–H groups in total. The van der Waals surface area contributed by atoms with Crippen LogP contribution >= 0.6 is 15.9 Å². The predicted molar refractivity (Wildman–Crippen MR) is 80.6 cm³/mol. The van der Waals surface area contributed by atoms with Crippen LogP contribution in [0.4, 0.5) is 11.4 Å². The number of nitro benzene ring substituents is 1. The normalized spacial score (nSPS) is 21.4. The summed E-state index contributed by atoms with van der Waals surface area (Å²) in [6, 6.07) is 3.83. The highest BCUT2D eigenvalue weighted by atomic mass is 79.9. The molecule has 1 saturated carbocycles. The lowest BCUT2D eigenvalue weighted by molar-refractivity contribution is -0.385. The molecule has 0 radical (unpaired) electrons. The number of halogens is 1. The fraction of sp³-hybridized carbons (Fsp3) is 0.571. The van der Waals surface area contributed by atoms with E-state index in [1.807, 2.05) is 0 Å². The molecule has 0 aromatic heterocycles. The molecule has 0 spiro atoms. The second-order valence-corrected chi connectivity index (χ2v) is 6.98. The van der Waals surface area contributed by atoms with Crippen molar-refractivity contribution in [2.75, 3.05) is 5.32 Å². The Morgan fingerprint density at radius 2 is 2.16 bits per heavy atom. The SMILES string of the molecule is Cc1cc(Br)c(NC2CCC(C)(C)C2)cc1[N+](=O)[O-]. The van der Waals surface area contributed by atoms with E-state index >= 15 is 0 Å². The number of nitrogens with zero attached hydrogens (tertiary/aromatic N) is 1. The minimum absolute atomic E-state index is 0.169. The third-order valence-corrected chi connectivity index (χ3v) is 4.47. The van der Waals surface area contributed by atoms with Gasteiger partial charge < -0.3 is 5.32 Å². The van der Waals surface area contributed by atoms with Crippen LogP contribution in [0.3, 0.4) is 0 Å². The van der Waals surface area contributed by atoms with Crippen LogP contribution in [0.25, 0.3) is 0 Å². The standard InChI is InChI=1S/C14H19BrN2O2/c1-9-6-11(15)12(7-13(9)17(18)19)16-10-4-5-14(2,3)8-10/h6-7,10,16H,4-5,8H2,1-3H3. The fourth-order valence-corrected chi connectivity index (χ4v) is 3.32. The van der Waals surface area contributed by atoms with E-state index in [-0.39, 0.29) is 10.6 Å². The van der Waals surface area contributed by atoms with E-state index in [0.717, 1.165) is 23.0 Å². The van der Waals surface area contributed by atoms with Crippen molar-refractivity contribution in [1.29, 1.82) is 0 Å². The van der Waals surface area contributed by atoms with Gasteiger partial charge in [-0.1, -0.05) is 13.8 Å². The van der Waals surface area contributed by atoms with Gasteiger partial charge in [-0.3, -0.25) is 10.1 Å². The van der Waals surface area contributed by atoms with E-state index in [2.05, 4.69) is 35.1 Å². The van der Waals surface area contributed by atoms with E-state index < -0.39 is 0 Å². The maximum absolute atomic E-state index is 11.0. The van der Waals surface area contributed by atoms with Gasteiger partial charge in [0.15, 0.2) is 0 Å². The summed E-state index contributed by atoms with van der Waals surface area (Å²) < 4.78 is 0.889. The van der Waals surface area contributed by atoms with E-state index in [9.17, 15) is 10.1 Å². The summed E-state index contributed by atoms with van der Waals surface area (Å²) in [7, 11) is 0. The zero-order chi connectivity index (χ0) is 14.2. The van der Waals surface area contributed by atoms with Crippen LogP contribution in [0.1, 0.15) is 38.7 Å². The molecule has 2 rings (SSSR count). The molecule has 0 amide bonds. The van der Waals surface area contributed by atoms with Crippen molar-refractivity contribution in [1.82, 2.24) is 0 Å². The smallest absolute Gasteiger partial charge is 0.274 e. The Kier molecular flexibility index (Phi) is 3.85. The molecule has 0 aliphatic heterocycles. The summed E-state index contributed by atoms with van der Waals surface area (Å²) in [5.74, 6) is 0. The molecule has 1 aliphatic rings. The zero-order valence-electron chi connectivity index (χ0n) is 11.5. The highest BCUT2D eigenvalue weighted by Gasteiger charge is 2.31. The molecule has 5 heteroatoms. The minimum atomic E-state index is -0.328. The molecule has 19 heavy (non-hydrogen) atoms. The lowest BCUT2D eigenvalue weighted by atomic mass is 9.92. The van der Waals surface area contributed by atoms with Gasteiger partial charge in [0.25, 0.3) is 5.69 Å². The van der Waals surface area contributed by atoms with Crippen molar-refractivity contribution in [3.8, 4) is 0 Å². The van der Waals surface area contributed by atoms with E-state index in [0.29, 0.717) is 17.0 Å². The van der Waals surface area contributed by atoms with E-state index in [1.165, 1.54) is 6.42 Å². The van der Waals surface area contributed by atoms with Gasteiger partial charge in [0, 0.05) is 22.1 Å². The summed E-state index contributed by atoms with van der Waals surface area (Å²) >= 11 is 3.48. The van der Waals surface area contributed by atoms with Gasteiger partial charge in [-0.25, -0.2) is 0 Å². The number of hydrogen-bond donors (Lipinski definition) is 1. The van der Waals surface area contributed by atoms with Gasteiger partial charge >= 0.3 is 0 Å². The third-order valence-electron chi connectivity index (χ3n) is 3.81. The van der Waals surface area contributed by atoms with Gasteiger partial charge in [-0.2, -0.15) is 0 Å². The van der Waals surface area contributed by atoms with Gasteiger partial charge in [0.05, 0.1) is 10.6 Å². The first-order valence-corrected chi connectivity index (χ1v) is 7.29. The molecular formula is C14H19BrN2O2. The average molecular weight is 327 g/mol. The number of nitro groups is 1. The van der Waals surface area contributed by atoms with E-state index in [4.69, 9.17) is 0 Å². The van der Waals surface area contributed by atoms with Crippen molar-refractivity contribution in [2.45, 2.75) is 46.1 Å². The number of aryl methyl sites for hydroxylation is 1. The second-order valence-electron chi connectivity index (χ2n) is 6.12. The fourth-order valence-electron chi connectivity index (χ4n) is 2.75. The number of nitrogens with one attached hydrogen (secondary N) is 1. The first-order chi connectivity index (χ1) is 8.78. The number of anilines is 1. The zero-order valence-corrected chi connectivity index (χ0v) is 13.1. The molecule has 1 fully saturated rings. The number of benzene rings is 1.